The summed E-state index contributed by atoms with van der Waals surface area (Å²) in [5, 5.41) is 0. The van der Waals surface area contributed by atoms with E-state index in [1.165, 1.54) is 0 Å². The number of ketones is 1. The van der Waals surface area contributed by atoms with Gasteiger partial charge in [0, 0.05) is 22.6 Å². The van der Waals surface area contributed by atoms with E-state index in [4.69, 9.17) is 14.2 Å². The number of hydrogen-bond donors (Lipinski definition) is 0. The van der Waals surface area contributed by atoms with Gasteiger partial charge in [0.15, 0.2) is 17.6 Å². The molecule has 0 aromatic heterocycles. The van der Waals surface area contributed by atoms with Crippen LogP contribution in [0.15, 0.2) is 6.07 Å². The molecule has 1 aliphatic heterocycles. The maximum absolute atomic E-state index is 13.4. The van der Waals surface area contributed by atoms with E-state index in [0.717, 1.165) is 18.4 Å². The van der Waals surface area contributed by atoms with E-state index in [1.54, 1.807) is 14.2 Å². The van der Waals surface area contributed by atoms with E-state index in [2.05, 4.69) is 27.7 Å². The lowest BCUT2D eigenvalue weighted by atomic mass is 9.49. The molecule has 27 heavy (non-hydrogen) atoms. The number of fused-ring (bicyclic) bond motifs is 1. The molecule has 146 valence electrons. The van der Waals surface area contributed by atoms with Gasteiger partial charge in [0.05, 0.1) is 14.2 Å². The van der Waals surface area contributed by atoms with Crippen molar-refractivity contribution in [2.45, 2.75) is 64.4 Å². The normalized spacial score (nSPS) is 30.6. The summed E-state index contributed by atoms with van der Waals surface area (Å²) >= 11 is 0. The van der Waals surface area contributed by atoms with Crippen molar-refractivity contribution in [2.75, 3.05) is 14.2 Å². The van der Waals surface area contributed by atoms with Crippen LogP contribution in [0.4, 0.5) is 0 Å². The second-order valence-corrected chi connectivity index (χ2v) is 9.09. The fourth-order valence-corrected chi connectivity index (χ4v) is 5.86. The summed E-state index contributed by atoms with van der Waals surface area (Å²) in [5.74, 6) is 0.735. The highest BCUT2D eigenvalue weighted by atomic mass is 16.6. The van der Waals surface area contributed by atoms with Crippen molar-refractivity contribution in [3.8, 4) is 11.5 Å². The van der Waals surface area contributed by atoms with Gasteiger partial charge in [-0.3, -0.25) is 9.59 Å². The zero-order chi connectivity index (χ0) is 19.7. The van der Waals surface area contributed by atoms with Crippen LogP contribution < -0.4 is 9.47 Å². The molecular weight excluding hydrogens is 344 g/mol. The molecule has 0 amide bonds. The number of rotatable bonds is 3. The van der Waals surface area contributed by atoms with Gasteiger partial charge in [-0.05, 0) is 30.2 Å². The molecule has 1 saturated heterocycles. The van der Waals surface area contributed by atoms with Crippen LogP contribution in [0.5, 0.6) is 11.5 Å². The largest absolute Gasteiger partial charge is 0.493 e. The second-order valence-electron chi connectivity index (χ2n) is 9.09. The maximum atomic E-state index is 13.4. The average molecular weight is 372 g/mol. The monoisotopic (exact) mass is 372 g/mol. The van der Waals surface area contributed by atoms with Crippen LogP contribution in [0.2, 0.25) is 0 Å². The van der Waals surface area contributed by atoms with Gasteiger partial charge in [-0.2, -0.15) is 0 Å². The van der Waals surface area contributed by atoms with Crippen LogP contribution in [0.1, 0.15) is 74.4 Å². The fourth-order valence-electron chi connectivity index (χ4n) is 5.86. The van der Waals surface area contributed by atoms with Crippen molar-refractivity contribution in [1.82, 2.24) is 0 Å². The Kier molecular flexibility index (Phi) is 3.89. The number of methoxy groups -OCH3 is 2. The summed E-state index contributed by atoms with van der Waals surface area (Å²) < 4.78 is 17.3. The summed E-state index contributed by atoms with van der Waals surface area (Å²) in [6.07, 6.45) is 1.87. The highest BCUT2D eigenvalue weighted by Gasteiger charge is 2.70. The quantitative estimate of drug-likeness (QED) is 0.750. The van der Waals surface area contributed by atoms with Gasteiger partial charge in [-0.1, -0.05) is 34.1 Å². The van der Waals surface area contributed by atoms with E-state index >= 15 is 0 Å². The Morgan fingerprint density at radius 1 is 1.11 bits per heavy atom. The van der Waals surface area contributed by atoms with Crippen molar-refractivity contribution < 1.29 is 23.8 Å². The van der Waals surface area contributed by atoms with Crippen molar-refractivity contribution in [3.63, 3.8) is 0 Å². The number of ether oxygens (including phenoxy) is 3. The fraction of sp³-hybridized carbons (Fsp3) is 0.636. The molecule has 3 atom stereocenters. The summed E-state index contributed by atoms with van der Waals surface area (Å²) in [5.41, 5.74) is 1.17. The van der Waals surface area contributed by atoms with E-state index in [-0.39, 0.29) is 29.0 Å². The topological polar surface area (TPSA) is 61.8 Å². The maximum Gasteiger partial charge on any atom is 0.317 e. The van der Waals surface area contributed by atoms with Crippen molar-refractivity contribution in [3.05, 3.63) is 22.8 Å². The molecule has 5 heteroatoms. The minimum atomic E-state index is -0.830. The van der Waals surface area contributed by atoms with Crippen LogP contribution in [0.25, 0.3) is 0 Å². The SMILES string of the molecule is COc1c(C(C)C)cc2c(c1OC)[C@@]13CCCC(C)(C)[C@@H]1C(OC3=O)C2=O. The van der Waals surface area contributed by atoms with Gasteiger partial charge >= 0.3 is 5.97 Å². The molecule has 2 aliphatic carbocycles. The number of hydrogen-bond acceptors (Lipinski definition) is 5. The van der Waals surface area contributed by atoms with Gasteiger partial charge in [0.2, 0.25) is 5.78 Å². The first-order valence-electron chi connectivity index (χ1n) is 9.75. The standard InChI is InChI=1S/C22H28O5/c1-11(2)12-10-13-14(17(26-6)16(12)25-5)22-9-7-8-21(3,4)19(22)18(15(13)23)27-20(22)24/h10-11,18-19H,7-9H2,1-6H3/t18?,19-,22-/m0/s1. The Morgan fingerprint density at radius 2 is 1.78 bits per heavy atom. The van der Waals surface area contributed by atoms with E-state index < -0.39 is 11.5 Å². The third-order valence-electron chi connectivity index (χ3n) is 6.93. The zero-order valence-corrected chi connectivity index (χ0v) is 17.0. The van der Waals surface area contributed by atoms with E-state index in [0.29, 0.717) is 29.0 Å². The first-order valence-corrected chi connectivity index (χ1v) is 9.75. The van der Waals surface area contributed by atoms with E-state index in [9.17, 15) is 9.59 Å². The van der Waals surface area contributed by atoms with Crippen LogP contribution in [0.3, 0.4) is 0 Å². The minimum Gasteiger partial charge on any atom is -0.493 e. The third-order valence-corrected chi connectivity index (χ3v) is 6.93. The lowest BCUT2D eigenvalue weighted by molar-refractivity contribution is -0.144. The molecule has 1 aromatic carbocycles. The Bertz CT molecular complexity index is 838. The molecule has 0 spiro atoms. The summed E-state index contributed by atoms with van der Waals surface area (Å²) in [7, 11) is 3.19. The first kappa shape index (κ1) is 18.3. The van der Waals surface area contributed by atoms with Gasteiger partial charge in [-0.25, -0.2) is 0 Å². The molecule has 1 unspecified atom stereocenters. The zero-order valence-electron chi connectivity index (χ0n) is 17.0. The molecule has 1 aromatic rings. The Balaban J connectivity index is 2.11. The number of benzene rings is 1. The predicted molar refractivity (Wildman–Crippen MR) is 101 cm³/mol. The Hall–Kier alpha value is -2.04. The highest BCUT2D eigenvalue weighted by Crippen LogP contribution is 2.64. The number of esters is 1. The van der Waals surface area contributed by atoms with E-state index in [1.807, 2.05) is 6.07 Å². The number of carbonyl (C=O) groups excluding carboxylic acids is 2. The molecule has 1 heterocycles. The Morgan fingerprint density at radius 3 is 2.37 bits per heavy atom. The molecule has 5 nitrogen and oxygen atoms in total. The Labute approximate surface area is 160 Å². The van der Waals surface area contributed by atoms with Crippen LogP contribution >= 0.6 is 0 Å². The third kappa shape index (κ3) is 2.11. The average Bonchev–Trinajstić information content (AvgIpc) is 2.89. The lowest BCUT2D eigenvalue weighted by Crippen LogP contribution is -2.54. The summed E-state index contributed by atoms with van der Waals surface area (Å²) in [6.45, 7) is 8.39. The minimum absolute atomic E-state index is 0.102. The van der Waals surface area contributed by atoms with Gasteiger partial charge in [0.25, 0.3) is 0 Å². The predicted octanol–water partition coefficient (Wildman–Crippen LogP) is 4.01. The molecule has 2 bridgehead atoms. The molecule has 1 saturated carbocycles. The molecule has 2 fully saturated rings. The summed E-state index contributed by atoms with van der Waals surface area (Å²) in [4.78, 5) is 26.7. The van der Waals surface area contributed by atoms with Gasteiger partial charge in [-0.15, -0.1) is 0 Å². The lowest BCUT2D eigenvalue weighted by Gasteiger charge is -2.50. The van der Waals surface area contributed by atoms with Crippen LogP contribution in [-0.4, -0.2) is 32.1 Å². The number of Topliss-reactive ketones (excluding diaryl/α,β-unsaturated/α-hetero) is 1. The van der Waals surface area contributed by atoms with Crippen molar-refractivity contribution >= 4 is 11.8 Å². The van der Waals surface area contributed by atoms with Crippen molar-refractivity contribution in [1.29, 1.82) is 0 Å². The molecule has 0 radical (unpaired) electrons. The molecule has 0 N–H and O–H groups in total. The van der Waals surface area contributed by atoms with Crippen LogP contribution in [0, 0.1) is 11.3 Å². The van der Waals surface area contributed by atoms with Crippen LogP contribution in [-0.2, 0) is 14.9 Å². The molecule has 3 aliphatic rings. The first-order chi connectivity index (χ1) is 12.7. The molecular formula is C22H28O5. The number of carbonyl (C=O) groups is 2. The summed E-state index contributed by atoms with van der Waals surface area (Å²) in [6, 6.07) is 1.90. The second kappa shape index (κ2) is 5.73. The highest BCUT2D eigenvalue weighted by molar-refractivity contribution is 6.11. The van der Waals surface area contributed by atoms with Gasteiger partial charge in [0.1, 0.15) is 5.41 Å². The molecule has 4 rings (SSSR count). The van der Waals surface area contributed by atoms with Crippen molar-refractivity contribution in [2.24, 2.45) is 11.3 Å². The smallest absolute Gasteiger partial charge is 0.317 e. The van der Waals surface area contributed by atoms with Gasteiger partial charge < -0.3 is 14.2 Å².